The zero-order valence-corrected chi connectivity index (χ0v) is 50.6. The molecule has 0 saturated carbocycles. The summed E-state index contributed by atoms with van der Waals surface area (Å²) >= 11 is 0. The number of nitrogens with zero attached hydrogens (tertiary/aromatic N) is 1. The first-order chi connectivity index (χ1) is 38.8. The predicted molar refractivity (Wildman–Crippen MR) is 325 cm³/mol. The fraction of sp³-hybridized carbons (Fsp3) is 0.687. The number of carbonyl (C=O) groups is 3. The van der Waals surface area contributed by atoms with E-state index in [1.165, 1.54) is 109 Å². The summed E-state index contributed by atoms with van der Waals surface area (Å²) in [6, 6.07) is 16.1. The molecule has 0 fully saturated rings. The van der Waals surface area contributed by atoms with Gasteiger partial charge < -0.3 is 44.0 Å². The van der Waals surface area contributed by atoms with Crippen molar-refractivity contribution >= 4 is 17.7 Å². The van der Waals surface area contributed by atoms with Gasteiger partial charge in [0.15, 0.2) is 34.5 Å². The first kappa shape index (κ1) is 68.1. The molecule has 0 aliphatic carbocycles. The van der Waals surface area contributed by atoms with Crippen molar-refractivity contribution in [1.82, 2.24) is 15.5 Å². The van der Waals surface area contributed by atoms with Gasteiger partial charge in [-0.05, 0) is 93.1 Å². The summed E-state index contributed by atoms with van der Waals surface area (Å²) in [5.41, 5.74) is 1.33. The summed E-state index contributed by atoms with van der Waals surface area (Å²) in [6.45, 7) is 17.3. The van der Waals surface area contributed by atoms with Crippen LogP contribution in [0.3, 0.4) is 0 Å². The lowest BCUT2D eigenvalue weighted by Gasteiger charge is -2.24. The zero-order valence-electron chi connectivity index (χ0n) is 50.6. The van der Waals surface area contributed by atoms with Crippen LogP contribution in [0.15, 0.2) is 54.6 Å². The van der Waals surface area contributed by atoms with Crippen LogP contribution in [0, 0.1) is 0 Å². The Hall–Kier alpha value is -5.13. The van der Waals surface area contributed by atoms with E-state index in [0.29, 0.717) is 90.8 Å². The molecule has 0 aliphatic heterocycles. The quantitative estimate of drug-likeness (QED) is 0.0530. The summed E-state index contributed by atoms with van der Waals surface area (Å²) in [7, 11) is 0. The molecule has 0 aliphatic rings. The van der Waals surface area contributed by atoms with Gasteiger partial charge in [0.2, 0.25) is 0 Å². The third-order valence-corrected chi connectivity index (χ3v) is 14.3. The summed E-state index contributed by atoms with van der Waals surface area (Å²) in [5.74, 6) is 2.76. The predicted octanol–water partition coefficient (Wildman–Crippen LogP) is 17.1. The van der Waals surface area contributed by atoms with Crippen molar-refractivity contribution in [1.29, 1.82) is 0 Å². The maximum atomic E-state index is 14.7. The largest absolute Gasteiger partial charge is 0.490 e. The molecule has 12 nitrogen and oxygen atoms in total. The molecule has 0 saturated heterocycles. The molecule has 0 aromatic heterocycles. The number of hydrogen-bond donors (Lipinski definition) is 2. The number of amides is 3. The van der Waals surface area contributed by atoms with Crippen LogP contribution < -0.4 is 39.1 Å². The first-order valence-corrected chi connectivity index (χ1v) is 31.8. The van der Waals surface area contributed by atoms with E-state index in [4.69, 9.17) is 28.4 Å². The molecule has 0 atom stereocenters. The Morgan fingerprint density at radius 3 is 0.835 bits per heavy atom. The Kier molecular flexibility index (Phi) is 39.3. The van der Waals surface area contributed by atoms with Gasteiger partial charge in [-0.2, -0.15) is 0 Å². The van der Waals surface area contributed by atoms with E-state index in [0.717, 1.165) is 83.5 Å². The van der Waals surface area contributed by atoms with Gasteiger partial charge in [-0.25, -0.2) is 0 Å². The van der Waals surface area contributed by atoms with Crippen LogP contribution >= 0.6 is 0 Å². The highest BCUT2D eigenvalue weighted by Crippen LogP contribution is 2.32. The van der Waals surface area contributed by atoms with E-state index >= 15 is 0 Å². The number of benzene rings is 3. The van der Waals surface area contributed by atoms with Gasteiger partial charge in [0.1, 0.15) is 0 Å². The number of carbonyl (C=O) groups excluding carboxylic acids is 3. The normalized spacial score (nSPS) is 11.1. The molecule has 3 aromatic carbocycles. The Balaban J connectivity index is 1.85. The van der Waals surface area contributed by atoms with E-state index in [2.05, 4.69) is 52.2 Å². The van der Waals surface area contributed by atoms with Crippen molar-refractivity contribution in [2.24, 2.45) is 0 Å². The second kappa shape index (κ2) is 45.6. The van der Waals surface area contributed by atoms with Crippen LogP contribution in [0.5, 0.6) is 34.5 Å². The van der Waals surface area contributed by atoms with Crippen molar-refractivity contribution in [2.45, 2.75) is 234 Å². The van der Waals surface area contributed by atoms with E-state index < -0.39 is 0 Å². The van der Waals surface area contributed by atoms with Crippen LogP contribution in [-0.4, -0.2) is 88.4 Å². The van der Waals surface area contributed by atoms with E-state index in [1.807, 2.05) is 18.2 Å². The highest BCUT2D eigenvalue weighted by molar-refractivity contribution is 5.97. The van der Waals surface area contributed by atoms with Crippen molar-refractivity contribution in [3.05, 3.63) is 71.3 Å². The minimum absolute atomic E-state index is 0.168. The molecule has 0 radical (unpaired) electrons. The number of rotatable bonds is 51. The molecule has 0 bridgehead atoms. The average Bonchev–Trinajstić information content (AvgIpc) is 3.46. The van der Waals surface area contributed by atoms with Gasteiger partial charge in [-0.3, -0.25) is 14.4 Å². The fourth-order valence-electron chi connectivity index (χ4n) is 9.27. The minimum atomic E-state index is -0.284. The summed E-state index contributed by atoms with van der Waals surface area (Å²) < 4.78 is 37.6. The molecule has 0 heterocycles. The second-order valence-corrected chi connectivity index (χ2v) is 21.4. The summed E-state index contributed by atoms with van der Waals surface area (Å²) in [4.78, 5) is 44.2. The van der Waals surface area contributed by atoms with Gasteiger partial charge in [0, 0.05) is 42.9 Å². The Bertz CT molecular complexity index is 1950. The molecular formula is C67H109N3O9. The Morgan fingerprint density at radius 1 is 0.316 bits per heavy atom. The molecule has 0 unspecified atom stereocenters. The smallest absolute Gasteiger partial charge is 0.254 e. The molecule has 3 aromatic rings. The number of hydrogen-bond acceptors (Lipinski definition) is 9. The first-order valence-electron chi connectivity index (χ1n) is 31.8. The zero-order chi connectivity index (χ0) is 56.8. The molecule has 2 N–H and O–H groups in total. The SMILES string of the molecule is CCCCCCCOc1ccc(C(=O)NCCN(CCNC(=O)c2ccc(OCCCCCCC)c(OCCCCCCC)c2)C(=O)c2ccc(OCCCCCCC)c(OCCCCCCC)c2)cc1OCCCCCCC. The van der Waals surface area contributed by atoms with Gasteiger partial charge in [0.25, 0.3) is 17.7 Å². The topological polar surface area (TPSA) is 134 Å². The van der Waals surface area contributed by atoms with E-state index in [1.54, 1.807) is 41.3 Å². The summed E-state index contributed by atoms with van der Waals surface area (Å²) in [5, 5.41) is 6.13. The van der Waals surface area contributed by atoms with E-state index in [9.17, 15) is 14.4 Å². The maximum Gasteiger partial charge on any atom is 0.254 e. The van der Waals surface area contributed by atoms with Gasteiger partial charge in [-0.15, -0.1) is 0 Å². The molecular weight excluding hydrogens is 991 g/mol. The highest BCUT2D eigenvalue weighted by atomic mass is 16.5. The third kappa shape index (κ3) is 30.3. The van der Waals surface area contributed by atoms with Gasteiger partial charge in [-0.1, -0.05) is 196 Å². The van der Waals surface area contributed by atoms with Crippen LogP contribution in [0.4, 0.5) is 0 Å². The van der Waals surface area contributed by atoms with Crippen molar-refractivity contribution < 1.29 is 42.8 Å². The average molecular weight is 1100 g/mol. The van der Waals surface area contributed by atoms with Crippen LogP contribution in [0.2, 0.25) is 0 Å². The molecule has 12 heteroatoms. The second-order valence-electron chi connectivity index (χ2n) is 21.4. The number of unbranched alkanes of at least 4 members (excludes halogenated alkanes) is 24. The molecule has 79 heavy (non-hydrogen) atoms. The lowest BCUT2D eigenvalue weighted by molar-refractivity contribution is 0.0742. The number of nitrogens with one attached hydrogen (secondary N) is 2. The van der Waals surface area contributed by atoms with Crippen LogP contribution in [-0.2, 0) is 0 Å². The third-order valence-electron chi connectivity index (χ3n) is 14.3. The van der Waals surface area contributed by atoms with Crippen molar-refractivity contribution in [2.75, 3.05) is 65.8 Å². The van der Waals surface area contributed by atoms with Crippen LogP contribution in [0.25, 0.3) is 0 Å². The molecule has 3 amide bonds. The maximum absolute atomic E-state index is 14.7. The van der Waals surface area contributed by atoms with Gasteiger partial charge in [0.05, 0.1) is 39.6 Å². The molecule has 0 spiro atoms. The fourth-order valence-corrected chi connectivity index (χ4v) is 9.27. The lowest BCUT2D eigenvalue weighted by Crippen LogP contribution is -2.42. The highest BCUT2D eigenvalue weighted by Gasteiger charge is 2.21. The van der Waals surface area contributed by atoms with E-state index in [-0.39, 0.29) is 43.9 Å². The molecule has 3 rings (SSSR count). The Labute approximate surface area is 479 Å². The van der Waals surface area contributed by atoms with Gasteiger partial charge >= 0.3 is 0 Å². The number of ether oxygens (including phenoxy) is 6. The van der Waals surface area contributed by atoms with Crippen LogP contribution in [0.1, 0.15) is 265 Å². The lowest BCUT2D eigenvalue weighted by atomic mass is 10.1. The monoisotopic (exact) mass is 1100 g/mol. The minimum Gasteiger partial charge on any atom is -0.490 e. The standard InChI is InChI=1S/C67H109N3O9/c1-7-13-19-25-31-47-74-59-40-37-56(53-62(59)77-50-34-28-22-16-10-4)65(71)68-43-45-70(67(73)58-39-42-61(76-49-33-27-21-15-9-3)64(55-58)79-52-36-30-24-18-12-6)46-44-69-66(72)57-38-41-60(75-48-32-26-20-14-8-2)63(54-57)78-51-35-29-23-17-11-5/h37-42,53-55H,7-36,43-52H2,1-6H3,(H,68,71)(H,69,72). The van der Waals surface area contributed by atoms with Crippen molar-refractivity contribution in [3.8, 4) is 34.5 Å². The van der Waals surface area contributed by atoms with Crippen molar-refractivity contribution in [3.63, 3.8) is 0 Å². The molecule has 446 valence electrons. The Morgan fingerprint density at radius 2 is 0.557 bits per heavy atom. The summed E-state index contributed by atoms with van der Waals surface area (Å²) in [6.07, 6.45) is 33.5.